The fourth-order valence-electron chi connectivity index (χ4n) is 2.58. The molecule has 2 nitrogen and oxygen atoms in total. The van der Waals surface area contributed by atoms with Crippen molar-refractivity contribution in [2.45, 2.75) is 44.8 Å². The zero-order valence-electron chi connectivity index (χ0n) is 9.82. The SMILES string of the molecule is CC(N)C(c1cc(Br)cs1)N1CCCC1C. The first-order valence-electron chi connectivity index (χ1n) is 5.85. The normalized spacial score (nSPS) is 25.9. The Kier molecular flexibility index (Phi) is 4.06. The Morgan fingerprint density at radius 2 is 2.38 bits per heavy atom. The minimum absolute atomic E-state index is 0.186. The lowest BCUT2D eigenvalue weighted by Gasteiger charge is -2.33. The summed E-state index contributed by atoms with van der Waals surface area (Å²) in [5.41, 5.74) is 6.17. The Hall–Kier alpha value is 0.1000. The highest BCUT2D eigenvalue weighted by Gasteiger charge is 2.31. The molecule has 2 heterocycles. The third kappa shape index (κ3) is 2.50. The van der Waals surface area contributed by atoms with Gasteiger partial charge in [0, 0.05) is 26.8 Å². The summed E-state index contributed by atoms with van der Waals surface area (Å²) in [6.07, 6.45) is 2.60. The molecule has 0 amide bonds. The first-order chi connectivity index (χ1) is 7.59. The first kappa shape index (κ1) is 12.6. The van der Waals surface area contributed by atoms with Gasteiger partial charge in [0.05, 0.1) is 6.04 Å². The molecular formula is C12H19BrN2S. The van der Waals surface area contributed by atoms with Gasteiger partial charge in [-0.2, -0.15) is 0 Å². The van der Waals surface area contributed by atoms with E-state index in [2.05, 4.69) is 46.1 Å². The number of rotatable bonds is 3. The van der Waals surface area contributed by atoms with Gasteiger partial charge < -0.3 is 5.73 Å². The van der Waals surface area contributed by atoms with E-state index in [9.17, 15) is 0 Å². The predicted molar refractivity (Wildman–Crippen MR) is 73.8 cm³/mol. The molecule has 3 atom stereocenters. The van der Waals surface area contributed by atoms with E-state index in [0.29, 0.717) is 12.1 Å². The first-order valence-corrected chi connectivity index (χ1v) is 7.52. The number of nitrogens with two attached hydrogens (primary N) is 1. The molecule has 3 unspecified atom stereocenters. The lowest BCUT2D eigenvalue weighted by Crippen LogP contribution is -2.40. The van der Waals surface area contributed by atoms with Gasteiger partial charge in [-0.25, -0.2) is 0 Å². The third-order valence-corrected chi connectivity index (χ3v) is 5.10. The summed E-state index contributed by atoms with van der Waals surface area (Å²) in [6.45, 7) is 5.61. The van der Waals surface area contributed by atoms with Crippen molar-refractivity contribution in [3.8, 4) is 0 Å². The molecule has 1 aliphatic heterocycles. The molecule has 0 aliphatic carbocycles. The molecule has 1 aliphatic rings. The van der Waals surface area contributed by atoms with E-state index in [-0.39, 0.29) is 6.04 Å². The second kappa shape index (κ2) is 5.17. The fourth-order valence-corrected chi connectivity index (χ4v) is 4.26. The monoisotopic (exact) mass is 302 g/mol. The Balaban J connectivity index is 2.23. The predicted octanol–water partition coefficient (Wildman–Crippen LogP) is 3.38. The summed E-state index contributed by atoms with van der Waals surface area (Å²) in [5, 5.41) is 2.14. The molecule has 0 radical (unpaired) electrons. The maximum atomic E-state index is 6.17. The van der Waals surface area contributed by atoms with Crippen LogP contribution in [0, 0.1) is 0 Å². The van der Waals surface area contributed by atoms with Crippen LogP contribution in [0.1, 0.15) is 37.6 Å². The van der Waals surface area contributed by atoms with E-state index in [0.717, 1.165) is 0 Å². The van der Waals surface area contributed by atoms with E-state index in [1.54, 1.807) is 11.3 Å². The molecule has 90 valence electrons. The van der Waals surface area contributed by atoms with Crippen molar-refractivity contribution in [1.29, 1.82) is 0 Å². The van der Waals surface area contributed by atoms with Gasteiger partial charge in [0.1, 0.15) is 0 Å². The van der Waals surface area contributed by atoms with Crippen molar-refractivity contribution in [1.82, 2.24) is 4.90 Å². The maximum absolute atomic E-state index is 6.17. The van der Waals surface area contributed by atoms with E-state index in [1.165, 1.54) is 28.7 Å². The van der Waals surface area contributed by atoms with E-state index >= 15 is 0 Å². The molecule has 0 aromatic carbocycles. The zero-order chi connectivity index (χ0) is 11.7. The summed E-state index contributed by atoms with van der Waals surface area (Å²) in [6, 6.07) is 3.45. The largest absolute Gasteiger partial charge is 0.326 e. The quantitative estimate of drug-likeness (QED) is 0.927. The van der Waals surface area contributed by atoms with Crippen LogP contribution in [0.25, 0.3) is 0 Å². The van der Waals surface area contributed by atoms with Gasteiger partial charge in [-0.15, -0.1) is 11.3 Å². The van der Waals surface area contributed by atoms with Crippen LogP contribution in [0.2, 0.25) is 0 Å². The number of likely N-dealkylation sites (tertiary alicyclic amines) is 1. The number of nitrogens with zero attached hydrogens (tertiary/aromatic N) is 1. The number of halogens is 1. The summed E-state index contributed by atoms with van der Waals surface area (Å²) < 4.78 is 1.17. The van der Waals surface area contributed by atoms with Crippen LogP contribution in [0.15, 0.2) is 15.9 Å². The van der Waals surface area contributed by atoms with Crippen molar-refractivity contribution in [3.05, 3.63) is 20.8 Å². The molecule has 0 spiro atoms. The van der Waals surface area contributed by atoms with Crippen molar-refractivity contribution in [3.63, 3.8) is 0 Å². The standard InChI is InChI=1S/C12H19BrN2S/c1-8-4-3-5-15(8)12(9(2)14)11-6-10(13)7-16-11/h6-9,12H,3-5,14H2,1-2H3. The van der Waals surface area contributed by atoms with Crippen LogP contribution in [0.3, 0.4) is 0 Å². The smallest absolute Gasteiger partial charge is 0.0593 e. The van der Waals surface area contributed by atoms with Crippen LogP contribution in [-0.4, -0.2) is 23.5 Å². The van der Waals surface area contributed by atoms with Crippen LogP contribution in [0.5, 0.6) is 0 Å². The molecule has 0 bridgehead atoms. The molecule has 1 aromatic heterocycles. The number of thiophene rings is 1. The average Bonchev–Trinajstić information content (AvgIpc) is 2.78. The van der Waals surface area contributed by atoms with Gasteiger partial charge in [-0.05, 0) is 55.2 Å². The molecule has 1 fully saturated rings. The zero-order valence-corrected chi connectivity index (χ0v) is 12.2. The molecule has 4 heteroatoms. The summed E-state index contributed by atoms with van der Waals surface area (Å²) in [7, 11) is 0. The lowest BCUT2D eigenvalue weighted by atomic mass is 10.1. The molecule has 0 saturated carbocycles. The topological polar surface area (TPSA) is 29.3 Å². The Morgan fingerprint density at radius 1 is 1.62 bits per heavy atom. The second-order valence-corrected chi connectivity index (χ2v) is 6.56. The molecule has 2 N–H and O–H groups in total. The minimum Gasteiger partial charge on any atom is -0.326 e. The van der Waals surface area contributed by atoms with Crippen molar-refractivity contribution < 1.29 is 0 Å². The molecular weight excluding hydrogens is 284 g/mol. The Bertz CT molecular complexity index is 351. The summed E-state index contributed by atoms with van der Waals surface area (Å²) >= 11 is 5.33. The van der Waals surface area contributed by atoms with Crippen LogP contribution < -0.4 is 5.73 Å². The number of hydrogen-bond acceptors (Lipinski definition) is 3. The van der Waals surface area contributed by atoms with Crippen LogP contribution in [-0.2, 0) is 0 Å². The molecule has 1 aromatic rings. The highest BCUT2D eigenvalue weighted by molar-refractivity contribution is 9.10. The van der Waals surface area contributed by atoms with E-state index in [1.807, 2.05) is 0 Å². The third-order valence-electron chi connectivity index (χ3n) is 3.34. The van der Waals surface area contributed by atoms with Crippen molar-refractivity contribution >= 4 is 27.3 Å². The van der Waals surface area contributed by atoms with Crippen molar-refractivity contribution in [2.24, 2.45) is 5.73 Å². The van der Waals surface area contributed by atoms with E-state index in [4.69, 9.17) is 5.73 Å². The molecule has 1 saturated heterocycles. The Morgan fingerprint density at radius 3 is 2.81 bits per heavy atom. The van der Waals surface area contributed by atoms with E-state index < -0.39 is 0 Å². The van der Waals surface area contributed by atoms with Crippen molar-refractivity contribution in [2.75, 3.05) is 6.54 Å². The van der Waals surface area contributed by atoms with Gasteiger partial charge in [-0.3, -0.25) is 4.90 Å². The Labute approximate surface area is 110 Å². The lowest BCUT2D eigenvalue weighted by molar-refractivity contribution is 0.173. The van der Waals surface area contributed by atoms with Gasteiger partial charge in [0.2, 0.25) is 0 Å². The minimum atomic E-state index is 0.186. The van der Waals surface area contributed by atoms with Gasteiger partial charge in [0.15, 0.2) is 0 Å². The average molecular weight is 303 g/mol. The fraction of sp³-hybridized carbons (Fsp3) is 0.667. The number of hydrogen-bond donors (Lipinski definition) is 1. The molecule has 2 rings (SSSR count). The molecule has 16 heavy (non-hydrogen) atoms. The van der Waals surface area contributed by atoms with Gasteiger partial charge >= 0.3 is 0 Å². The van der Waals surface area contributed by atoms with Crippen LogP contribution in [0.4, 0.5) is 0 Å². The van der Waals surface area contributed by atoms with Crippen LogP contribution >= 0.6 is 27.3 Å². The van der Waals surface area contributed by atoms with Gasteiger partial charge in [-0.1, -0.05) is 0 Å². The van der Waals surface area contributed by atoms with Gasteiger partial charge in [0.25, 0.3) is 0 Å². The highest BCUT2D eigenvalue weighted by atomic mass is 79.9. The maximum Gasteiger partial charge on any atom is 0.0593 e. The highest BCUT2D eigenvalue weighted by Crippen LogP contribution is 2.35. The second-order valence-electron chi connectivity index (χ2n) is 4.70. The summed E-state index contributed by atoms with van der Waals surface area (Å²) in [4.78, 5) is 3.94. The summed E-state index contributed by atoms with van der Waals surface area (Å²) in [5.74, 6) is 0.